The molecular weight excluding hydrogens is 225 g/mol. The van der Waals surface area contributed by atoms with Crippen LogP contribution in [0.5, 0.6) is 0 Å². The molecule has 0 atom stereocenters. The van der Waals surface area contributed by atoms with Crippen molar-refractivity contribution in [2.24, 2.45) is 0 Å². The number of aromatic amines is 1. The molecule has 0 amide bonds. The van der Waals surface area contributed by atoms with Gasteiger partial charge in [0.05, 0.1) is 0 Å². The summed E-state index contributed by atoms with van der Waals surface area (Å²) in [5.41, 5.74) is 1.03. The number of rotatable bonds is 0. The fourth-order valence-corrected chi connectivity index (χ4v) is 1.28. The molecule has 0 saturated heterocycles. The van der Waals surface area contributed by atoms with Crippen LogP contribution in [0.2, 0.25) is 0 Å². The van der Waals surface area contributed by atoms with Crippen molar-refractivity contribution in [1.29, 1.82) is 0 Å². The Morgan fingerprint density at radius 1 is 1.27 bits per heavy atom. The molecule has 0 aliphatic heterocycles. The summed E-state index contributed by atoms with van der Waals surface area (Å²) >= 11 is 0. The molecule has 1 N–H and O–H groups in total. The second-order valence-corrected chi connectivity index (χ2v) is 2.77. The third kappa shape index (κ3) is 2.98. The average Bonchev–Trinajstić information content (AvgIpc) is 2.27. The van der Waals surface area contributed by atoms with Crippen LogP contribution in [0.15, 0.2) is 29.2 Å². The van der Waals surface area contributed by atoms with Gasteiger partial charge < -0.3 is 4.98 Å². The SMILES string of the molecule is CC.Cc1c[nH]c(=O)c2cc[c-]cc12.[V]. The van der Waals surface area contributed by atoms with Crippen molar-refractivity contribution in [2.45, 2.75) is 20.8 Å². The summed E-state index contributed by atoms with van der Waals surface area (Å²) in [4.78, 5) is 13.9. The first-order valence-corrected chi connectivity index (χ1v) is 4.77. The van der Waals surface area contributed by atoms with Crippen molar-refractivity contribution >= 4 is 10.8 Å². The maximum Gasteiger partial charge on any atom is 0.231 e. The molecule has 2 rings (SSSR count). The largest absolute Gasteiger partial charge is 0.331 e. The van der Waals surface area contributed by atoms with Gasteiger partial charge in [-0.25, -0.2) is 0 Å². The van der Waals surface area contributed by atoms with Crippen molar-refractivity contribution in [2.75, 3.05) is 0 Å². The molecule has 0 spiro atoms. The molecule has 2 nitrogen and oxygen atoms in total. The van der Waals surface area contributed by atoms with Gasteiger partial charge in [-0.05, 0) is 13.1 Å². The Morgan fingerprint density at radius 2 is 1.93 bits per heavy atom. The van der Waals surface area contributed by atoms with Gasteiger partial charge in [-0.15, -0.1) is 5.39 Å². The molecule has 0 aliphatic rings. The molecule has 0 bridgehead atoms. The maximum atomic E-state index is 11.3. The fraction of sp³-hybridized carbons (Fsp3) is 0.250. The first-order valence-electron chi connectivity index (χ1n) is 4.77. The number of aryl methyl sites for hydroxylation is 1. The zero-order valence-electron chi connectivity index (χ0n) is 9.16. The molecule has 2 aromatic rings. The number of hydrogen-bond acceptors (Lipinski definition) is 1. The number of H-pyrrole nitrogens is 1. The summed E-state index contributed by atoms with van der Waals surface area (Å²) < 4.78 is 0. The second-order valence-electron chi connectivity index (χ2n) is 2.77. The van der Waals surface area contributed by atoms with E-state index in [4.69, 9.17) is 0 Å². The van der Waals surface area contributed by atoms with Gasteiger partial charge in [-0.1, -0.05) is 24.8 Å². The Hall–Kier alpha value is -0.986. The van der Waals surface area contributed by atoms with Crippen molar-refractivity contribution in [1.82, 2.24) is 4.98 Å². The van der Waals surface area contributed by atoms with Crippen molar-refractivity contribution in [3.05, 3.63) is 46.4 Å². The van der Waals surface area contributed by atoms with Gasteiger partial charge in [-0.3, -0.25) is 4.79 Å². The van der Waals surface area contributed by atoms with E-state index in [0.717, 1.165) is 16.3 Å². The Morgan fingerprint density at radius 3 is 2.53 bits per heavy atom. The Balaban J connectivity index is 0.000000617. The molecule has 1 radical (unpaired) electrons. The van der Waals surface area contributed by atoms with Crippen LogP contribution in [0, 0.1) is 13.0 Å². The number of nitrogens with one attached hydrogen (secondary N) is 1. The molecule has 3 heteroatoms. The topological polar surface area (TPSA) is 32.9 Å². The number of fused-ring (bicyclic) bond motifs is 1. The predicted molar refractivity (Wildman–Crippen MR) is 59.5 cm³/mol. The molecule has 0 aliphatic carbocycles. The van der Waals surface area contributed by atoms with Crippen molar-refractivity contribution in [3.8, 4) is 0 Å². The Kier molecular flexibility index (Phi) is 6.06. The standard InChI is InChI=1S/C10H8NO.C2H6.V/c1-7-6-11-10(12)9-5-3-2-4-8(7)9;1-2;/h3-6H,1H3,(H,11,12);1-2H3;/q-1;;. The molecular formula is C12H14NOV-. The maximum absolute atomic E-state index is 11.3. The van der Waals surface area contributed by atoms with Crippen molar-refractivity contribution < 1.29 is 18.6 Å². The van der Waals surface area contributed by atoms with Crippen LogP contribution in [-0.4, -0.2) is 4.98 Å². The summed E-state index contributed by atoms with van der Waals surface area (Å²) in [6, 6.07) is 8.31. The minimum absolute atomic E-state index is 0. The van der Waals surface area contributed by atoms with Crippen LogP contribution in [0.3, 0.4) is 0 Å². The minimum atomic E-state index is -0.0374. The quantitative estimate of drug-likeness (QED) is 0.704. The number of benzene rings is 1. The predicted octanol–water partition coefficient (Wildman–Crippen LogP) is 2.66. The third-order valence-electron chi connectivity index (χ3n) is 1.95. The van der Waals surface area contributed by atoms with Gasteiger partial charge in [0, 0.05) is 18.6 Å². The Labute approximate surface area is 102 Å². The molecule has 0 saturated carbocycles. The molecule has 0 fully saturated rings. The average molecular weight is 239 g/mol. The van der Waals surface area contributed by atoms with Crippen LogP contribution in [0.25, 0.3) is 10.8 Å². The number of pyridine rings is 1. The van der Waals surface area contributed by atoms with E-state index in [1.54, 1.807) is 18.3 Å². The third-order valence-corrected chi connectivity index (χ3v) is 1.95. The smallest absolute Gasteiger partial charge is 0.231 e. The summed E-state index contributed by atoms with van der Waals surface area (Å²) in [6.07, 6.45) is 1.72. The zero-order valence-corrected chi connectivity index (χ0v) is 10.6. The number of hydrogen-bond donors (Lipinski definition) is 1. The molecule has 79 valence electrons. The zero-order chi connectivity index (χ0) is 10.6. The monoisotopic (exact) mass is 239 g/mol. The molecule has 1 aromatic carbocycles. The van der Waals surface area contributed by atoms with Crippen LogP contribution in [-0.2, 0) is 18.6 Å². The molecule has 0 unspecified atom stereocenters. The normalized spacial score (nSPS) is 8.73. The second kappa shape index (κ2) is 6.49. The summed E-state index contributed by atoms with van der Waals surface area (Å²) in [5.74, 6) is 0. The summed E-state index contributed by atoms with van der Waals surface area (Å²) in [6.45, 7) is 5.96. The van der Waals surface area contributed by atoms with Crippen LogP contribution >= 0.6 is 0 Å². The summed E-state index contributed by atoms with van der Waals surface area (Å²) in [7, 11) is 0. The van der Waals surface area contributed by atoms with Gasteiger partial charge >= 0.3 is 0 Å². The van der Waals surface area contributed by atoms with Crippen molar-refractivity contribution in [3.63, 3.8) is 0 Å². The van der Waals surface area contributed by atoms with Gasteiger partial charge in [0.1, 0.15) is 0 Å². The van der Waals surface area contributed by atoms with E-state index in [2.05, 4.69) is 11.1 Å². The van der Waals surface area contributed by atoms with Gasteiger partial charge in [0.2, 0.25) is 5.56 Å². The van der Waals surface area contributed by atoms with Crippen LogP contribution in [0.1, 0.15) is 19.4 Å². The van der Waals surface area contributed by atoms with E-state index >= 15 is 0 Å². The first kappa shape index (κ1) is 14.0. The molecule has 1 heterocycles. The molecule has 1 aromatic heterocycles. The first-order chi connectivity index (χ1) is 6.79. The van der Waals surface area contributed by atoms with E-state index < -0.39 is 0 Å². The van der Waals surface area contributed by atoms with Gasteiger partial charge in [-0.2, -0.15) is 24.3 Å². The van der Waals surface area contributed by atoms with Gasteiger partial charge in [0.15, 0.2) is 0 Å². The van der Waals surface area contributed by atoms with E-state index in [1.807, 2.05) is 26.8 Å². The van der Waals surface area contributed by atoms with E-state index in [-0.39, 0.29) is 24.1 Å². The van der Waals surface area contributed by atoms with E-state index in [9.17, 15) is 4.79 Å². The minimum Gasteiger partial charge on any atom is -0.331 e. The van der Waals surface area contributed by atoms with Crippen LogP contribution < -0.4 is 5.56 Å². The Bertz CT molecular complexity index is 476. The number of aromatic nitrogens is 1. The molecule has 15 heavy (non-hydrogen) atoms. The van der Waals surface area contributed by atoms with Crippen LogP contribution in [0.4, 0.5) is 0 Å². The van der Waals surface area contributed by atoms with E-state index in [1.165, 1.54) is 0 Å². The van der Waals surface area contributed by atoms with Gasteiger partial charge in [0.25, 0.3) is 0 Å². The summed E-state index contributed by atoms with van der Waals surface area (Å²) in [5, 5.41) is 1.70. The fourth-order valence-electron chi connectivity index (χ4n) is 1.28. The van der Waals surface area contributed by atoms with E-state index in [0.29, 0.717) is 0 Å².